The van der Waals surface area contributed by atoms with Gasteiger partial charge in [0.25, 0.3) is 0 Å². The van der Waals surface area contributed by atoms with E-state index in [2.05, 4.69) is 0 Å². The summed E-state index contributed by atoms with van der Waals surface area (Å²) in [6, 6.07) is 17.9. The summed E-state index contributed by atoms with van der Waals surface area (Å²) in [5.41, 5.74) is 3.69. The van der Waals surface area contributed by atoms with Crippen LogP contribution in [0.5, 0.6) is 17.2 Å². The lowest BCUT2D eigenvalue weighted by Gasteiger charge is -2.37. The Labute approximate surface area is 195 Å². The highest BCUT2D eigenvalue weighted by Gasteiger charge is 2.39. The van der Waals surface area contributed by atoms with Gasteiger partial charge in [-0.05, 0) is 61.7 Å². The van der Waals surface area contributed by atoms with Crippen LogP contribution in [0.1, 0.15) is 35.2 Å². The molecule has 3 aromatic carbocycles. The van der Waals surface area contributed by atoms with Crippen LogP contribution in [-0.2, 0) is 16.4 Å². The summed E-state index contributed by atoms with van der Waals surface area (Å²) in [5, 5.41) is 0. The molecule has 1 atom stereocenters. The molecular weight excluding hydrogens is 438 g/mol. The van der Waals surface area contributed by atoms with Crippen LogP contribution in [0, 0.1) is 6.92 Å². The average Bonchev–Trinajstić information content (AvgIpc) is 2.83. The molecule has 0 bridgehead atoms. The zero-order valence-corrected chi connectivity index (χ0v) is 20.2. The molecule has 1 aliphatic heterocycles. The van der Waals surface area contributed by atoms with Gasteiger partial charge in [-0.25, -0.2) is 8.42 Å². The standard InChI is InChI=1S/C26H29NO5S/c1-5-32-23-9-7-6-8-21(23)26-22-17-25(31-4)24(30-3)16-19(22)14-15-27(26)33(28,29)20-12-10-18(2)11-13-20/h6-13,16-17,26H,5,14-15H2,1-4H3. The van der Waals surface area contributed by atoms with Crippen molar-refractivity contribution < 1.29 is 22.6 Å². The Hall–Kier alpha value is -3.03. The number of aryl methyl sites for hydroxylation is 1. The van der Waals surface area contributed by atoms with Gasteiger partial charge in [0.05, 0.1) is 31.8 Å². The molecule has 0 aromatic heterocycles. The van der Waals surface area contributed by atoms with E-state index in [1.54, 1.807) is 30.7 Å². The van der Waals surface area contributed by atoms with Gasteiger partial charge in [-0.15, -0.1) is 0 Å². The van der Waals surface area contributed by atoms with Crippen molar-refractivity contribution in [3.63, 3.8) is 0 Å². The van der Waals surface area contributed by atoms with E-state index < -0.39 is 16.1 Å². The third-order valence-corrected chi connectivity index (χ3v) is 7.85. The fourth-order valence-corrected chi connectivity index (χ4v) is 5.93. The zero-order valence-electron chi connectivity index (χ0n) is 19.4. The first-order valence-corrected chi connectivity index (χ1v) is 12.4. The minimum atomic E-state index is -3.78. The summed E-state index contributed by atoms with van der Waals surface area (Å²) in [4.78, 5) is 0.274. The number of nitrogens with zero attached hydrogens (tertiary/aromatic N) is 1. The van der Waals surface area contributed by atoms with Crippen molar-refractivity contribution in [2.24, 2.45) is 0 Å². The van der Waals surface area contributed by atoms with Crippen LogP contribution in [0.15, 0.2) is 65.6 Å². The highest BCUT2D eigenvalue weighted by molar-refractivity contribution is 7.89. The summed E-state index contributed by atoms with van der Waals surface area (Å²) in [6.07, 6.45) is 0.564. The second kappa shape index (κ2) is 9.45. The van der Waals surface area contributed by atoms with Gasteiger partial charge in [0.2, 0.25) is 10.0 Å². The lowest BCUT2D eigenvalue weighted by Crippen LogP contribution is -2.40. The number of fused-ring (bicyclic) bond motifs is 1. The summed E-state index contributed by atoms with van der Waals surface area (Å²) < 4.78 is 46.3. The maximum Gasteiger partial charge on any atom is 0.243 e. The van der Waals surface area contributed by atoms with E-state index in [1.165, 1.54) is 0 Å². The molecule has 0 fully saturated rings. The quantitative estimate of drug-likeness (QED) is 0.502. The number of hydrogen-bond acceptors (Lipinski definition) is 5. The molecule has 4 rings (SSSR count). The maximum absolute atomic E-state index is 13.9. The molecule has 174 valence electrons. The van der Waals surface area contributed by atoms with Crippen molar-refractivity contribution in [2.75, 3.05) is 27.4 Å². The van der Waals surface area contributed by atoms with Crippen LogP contribution in [-0.4, -0.2) is 40.1 Å². The highest BCUT2D eigenvalue weighted by Crippen LogP contribution is 2.45. The topological polar surface area (TPSA) is 65.1 Å². The Kier molecular flexibility index (Phi) is 6.63. The molecule has 6 nitrogen and oxygen atoms in total. The monoisotopic (exact) mass is 467 g/mol. The first kappa shape index (κ1) is 23.1. The van der Waals surface area contributed by atoms with Crippen molar-refractivity contribution in [1.82, 2.24) is 4.31 Å². The number of benzene rings is 3. The van der Waals surface area contributed by atoms with E-state index in [0.717, 1.165) is 22.3 Å². The number of sulfonamides is 1. The van der Waals surface area contributed by atoms with Crippen molar-refractivity contribution in [3.05, 3.63) is 82.9 Å². The van der Waals surface area contributed by atoms with Crippen LogP contribution in [0.25, 0.3) is 0 Å². The molecule has 0 N–H and O–H groups in total. The molecule has 0 amide bonds. The first-order chi connectivity index (χ1) is 15.9. The Morgan fingerprint density at radius 1 is 0.909 bits per heavy atom. The van der Waals surface area contributed by atoms with E-state index in [1.807, 2.05) is 62.4 Å². The van der Waals surface area contributed by atoms with Gasteiger partial charge >= 0.3 is 0 Å². The molecular formula is C26H29NO5S. The van der Waals surface area contributed by atoms with Crippen molar-refractivity contribution >= 4 is 10.0 Å². The van der Waals surface area contributed by atoms with Crippen molar-refractivity contribution in [3.8, 4) is 17.2 Å². The number of rotatable bonds is 7. The molecule has 0 saturated carbocycles. The van der Waals surface area contributed by atoms with Gasteiger partial charge < -0.3 is 14.2 Å². The third-order valence-electron chi connectivity index (χ3n) is 5.97. The number of para-hydroxylation sites is 1. The SMILES string of the molecule is CCOc1ccccc1C1c2cc(OC)c(OC)cc2CCN1S(=O)(=O)c1ccc(C)cc1. The van der Waals surface area contributed by atoms with Crippen molar-refractivity contribution in [1.29, 1.82) is 0 Å². The molecule has 0 aliphatic carbocycles. The predicted molar refractivity (Wildman–Crippen MR) is 128 cm³/mol. The molecule has 1 aliphatic rings. The van der Waals surface area contributed by atoms with Crippen LogP contribution in [0.2, 0.25) is 0 Å². The van der Waals surface area contributed by atoms with Gasteiger partial charge in [0.15, 0.2) is 11.5 Å². The molecule has 7 heteroatoms. The zero-order chi connectivity index (χ0) is 23.6. The van der Waals surface area contributed by atoms with E-state index in [-0.39, 0.29) is 4.90 Å². The lowest BCUT2D eigenvalue weighted by atomic mass is 9.89. The number of hydrogen-bond donors (Lipinski definition) is 0. The third kappa shape index (κ3) is 4.30. The largest absolute Gasteiger partial charge is 0.494 e. The molecule has 1 heterocycles. The van der Waals surface area contributed by atoms with Crippen LogP contribution < -0.4 is 14.2 Å². The Bertz CT molecular complexity index is 1240. The molecule has 0 saturated heterocycles. The molecule has 3 aromatic rings. The summed E-state index contributed by atoms with van der Waals surface area (Å²) >= 11 is 0. The van der Waals surface area contributed by atoms with Crippen LogP contribution in [0.3, 0.4) is 0 Å². The first-order valence-electron chi connectivity index (χ1n) is 11.0. The predicted octanol–water partition coefficient (Wildman–Crippen LogP) is 4.75. The fraction of sp³-hybridized carbons (Fsp3) is 0.308. The Balaban J connectivity index is 1.94. The minimum absolute atomic E-state index is 0.274. The summed E-state index contributed by atoms with van der Waals surface area (Å²) in [7, 11) is -0.599. The summed E-state index contributed by atoms with van der Waals surface area (Å²) in [5.74, 6) is 1.85. The smallest absolute Gasteiger partial charge is 0.243 e. The van der Waals surface area contributed by atoms with Gasteiger partial charge in [0.1, 0.15) is 5.75 Å². The Morgan fingerprint density at radius 3 is 2.24 bits per heavy atom. The van der Waals surface area contributed by atoms with Gasteiger partial charge in [0, 0.05) is 12.1 Å². The normalized spacial score (nSPS) is 16.2. The molecule has 0 radical (unpaired) electrons. The second-order valence-corrected chi connectivity index (χ2v) is 9.85. The number of methoxy groups -OCH3 is 2. The van der Waals surface area contributed by atoms with Crippen molar-refractivity contribution in [2.45, 2.75) is 31.2 Å². The van der Waals surface area contributed by atoms with E-state index in [0.29, 0.717) is 36.8 Å². The number of ether oxygens (including phenoxy) is 3. The average molecular weight is 468 g/mol. The molecule has 1 unspecified atom stereocenters. The van der Waals surface area contributed by atoms with Crippen LogP contribution in [0.4, 0.5) is 0 Å². The minimum Gasteiger partial charge on any atom is -0.494 e. The maximum atomic E-state index is 13.9. The molecule has 33 heavy (non-hydrogen) atoms. The van der Waals surface area contributed by atoms with E-state index in [4.69, 9.17) is 14.2 Å². The van der Waals surface area contributed by atoms with Gasteiger partial charge in [-0.2, -0.15) is 4.31 Å². The van der Waals surface area contributed by atoms with Gasteiger partial charge in [-0.3, -0.25) is 0 Å². The van der Waals surface area contributed by atoms with E-state index >= 15 is 0 Å². The highest BCUT2D eigenvalue weighted by atomic mass is 32.2. The molecule has 0 spiro atoms. The van der Waals surface area contributed by atoms with E-state index in [9.17, 15) is 8.42 Å². The summed E-state index contributed by atoms with van der Waals surface area (Å²) in [6.45, 7) is 4.67. The Morgan fingerprint density at radius 2 is 1.58 bits per heavy atom. The fourth-order valence-electron chi connectivity index (χ4n) is 4.34. The lowest BCUT2D eigenvalue weighted by molar-refractivity contribution is 0.306. The second-order valence-electron chi connectivity index (χ2n) is 7.96. The van der Waals surface area contributed by atoms with Gasteiger partial charge in [-0.1, -0.05) is 35.9 Å². The van der Waals surface area contributed by atoms with Crippen LogP contribution >= 0.6 is 0 Å².